The van der Waals surface area contributed by atoms with Gasteiger partial charge < -0.3 is 0 Å². The maximum absolute atomic E-state index is 2.99. The van der Waals surface area contributed by atoms with E-state index < -0.39 is 0 Å². The van der Waals surface area contributed by atoms with Crippen molar-refractivity contribution in [3.63, 3.8) is 0 Å². The van der Waals surface area contributed by atoms with Gasteiger partial charge in [-0.1, -0.05) is 0 Å². The van der Waals surface area contributed by atoms with Crippen LogP contribution < -0.4 is 0 Å². The van der Waals surface area contributed by atoms with Crippen LogP contribution in [0, 0.1) is 19.1 Å². The molecule has 0 N–H and O–H groups in total. The number of benzene rings is 1. The summed E-state index contributed by atoms with van der Waals surface area (Å²) in [6.45, 7) is 2.14. The smallest absolute Gasteiger partial charge is 0.109 e. The molecular weight excluding hydrogens is 466 g/mol. The van der Waals surface area contributed by atoms with Gasteiger partial charge in [0.1, 0.15) is 0 Å². The predicted molar refractivity (Wildman–Crippen MR) is 94.0 cm³/mol. The van der Waals surface area contributed by atoms with Crippen LogP contribution in [0.15, 0.2) is 60.7 Å². The molecular formula is C18H20Cl2Hf. The van der Waals surface area contributed by atoms with Crippen LogP contribution >= 0.6 is 24.8 Å². The summed E-state index contributed by atoms with van der Waals surface area (Å²) < 4.78 is 2.26. The summed E-state index contributed by atoms with van der Waals surface area (Å²) in [6.07, 6.45) is 20.0. The molecule has 0 bridgehead atoms. The number of hydrogen-bond donors (Lipinski definition) is 0. The Balaban J connectivity index is 0. The van der Waals surface area contributed by atoms with Crippen molar-refractivity contribution in [1.82, 2.24) is 0 Å². The standard InChI is InChI=1S/C8H8.2C5H5.2ClH.Hf/c1-7-5-3-4-6-8(7)2;2*1-2-4-5-3-1;;;/h1,3-6H,2H3;2*1-3H,4H2;2*1H;/q;2*-1;;;+2. The van der Waals surface area contributed by atoms with Gasteiger partial charge in [0.2, 0.25) is 0 Å². The van der Waals surface area contributed by atoms with Gasteiger partial charge in [-0.05, 0) is 0 Å². The Kier molecular flexibility index (Phi) is 17.2. The summed E-state index contributed by atoms with van der Waals surface area (Å²) in [5.41, 5.74) is 2.77. The van der Waals surface area contributed by atoms with Gasteiger partial charge in [-0.3, -0.25) is 12.2 Å². The van der Waals surface area contributed by atoms with E-state index in [1.807, 2.05) is 24.3 Å². The molecule has 0 heterocycles. The zero-order chi connectivity index (χ0) is 13.8. The topological polar surface area (TPSA) is 0 Å². The summed E-state index contributed by atoms with van der Waals surface area (Å²) in [5, 5.41) is 0. The SMILES string of the molecule is Cc1ccccc1[CH]=[Hf+2].Cl.Cl.[C-]1=CC=CC1.[C-]1=CC=CC1. The molecule has 2 aliphatic carbocycles. The molecule has 0 saturated heterocycles. The van der Waals surface area contributed by atoms with Crippen molar-refractivity contribution >= 4 is 28.6 Å². The fraction of sp³-hybridized carbons (Fsp3) is 0.167. The molecule has 0 aromatic heterocycles. The first-order valence-electron chi connectivity index (χ1n) is 6.34. The van der Waals surface area contributed by atoms with Gasteiger partial charge in [-0.25, -0.2) is 24.3 Å². The molecule has 1 aromatic carbocycles. The average molecular weight is 486 g/mol. The molecule has 1 aromatic rings. The quantitative estimate of drug-likeness (QED) is 0.381. The average Bonchev–Trinajstić information content (AvgIpc) is 3.17. The Hall–Kier alpha value is -0.500. The van der Waals surface area contributed by atoms with Crippen molar-refractivity contribution in [3.8, 4) is 0 Å². The van der Waals surface area contributed by atoms with Crippen molar-refractivity contribution in [1.29, 1.82) is 0 Å². The third kappa shape index (κ3) is 11.8. The second-order valence-electron chi connectivity index (χ2n) is 4.01. The first-order chi connectivity index (χ1) is 9.34. The van der Waals surface area contributed by atoms with Crippen LogP contribution in [0.3, 0.4) is 0 Å². The minimum Gasteiger partial charge on any atom is -0.273 e. The third-order valence-electron chi connectivity index (χ3n) is 2.52. The van der Waals surface area contributed by atoms with Crippen LogP contribution in [0.25, 0.3) is 0 Å². The second kappa shape index (κ2) is 15.9. The number of rotatable bonds is 1. The van der Waals surface area contributed by atoms with Crippen LogP contribution in [0.2, 0.25) is 0 Å². The second-order valence-corrected chi connectivity index (χ2v) is 5.04. The summed E-state index contributed by atoms with van der Waals surface area (Å²) in [7, 11) is 0. The Labute approximate surface area is 155 Å². The fourth-order valence-electron chi connectivity index (χ4n) is 1.43. The normalized spacial score (nSPS) is 12.3. The Bertz CT molecular complexity index is 458. The molecule has 0 atom stereocenters. The zero-order valence-electron chi connectivity index (χ0n) is 12.1. The molecule has 3 heteroatoms. The van der Waals surface area contributed by atoms with Crippen LogP contribution in [0.5, 0.6) is 0 Å². The van der Waals surface area contributed by atoms with Gasteiger partial charge in [0.25, 0.3) is 0 Å². The third-order valence-corrected chi connectivity index (χ3v) is 3.63. The first kappa shape index (κ1) is 22.8. The van der Waals surface area contributed by atoms with E-state index in [0.29, 0.717) is 0 Å². The van der Waals surface area contributed by atoms with Gasteiger partial charge in [0, 0.05) is 0 Å². The van der Waals surface area contributed by atoms with E-state index in [1.54, 1.807) is 0 Å². The van der Waals surface area contributed by atoms with Crippen molar-refractivity contribution in [2.45, 2.75) is 19.8 Å². The molecule has 0 aliphatic heterocycles. The number of hydrogen-bond acceptors (Lipinski definition) is 0. The zero-order valence-corrected chi connectivity index (χ0v) is 17.3. The Morgan fingerprint density at radius 1 is 0.952 bits per heavy atom. The molecule has 3 rings (SSSR count). The fourth-order valence-corrected chi connectivity index (χ4v) is 2.59. The molecule has 0 unspecified atom stereocenters. The molecule has 0 fully saturated rings. The van der Waals surface area contributed by atoms with Crippen LogP contribution in [0.4, 0.5) is 0 Å². The minimum atomic E-state index is 0. The number of allylic oxidation sites excluding steroid dienone is 8. The van der Waals surface area contributed by atoms with Gasteiger partial charge in [0.05, 0.1) is 0 Å². The summed E-state index contributed by atoms with van der Waals surface area (Å²) in [4.78, 5) is 0. The van der Waals surface area contributed by atoms with Gasteiger partial charge in [0.15, 0.2) is 0 Å². The van der Waals surface area contributed by atoms with E-state index in [4.69, 9.17) is 0 Å². The van der Waals surface area contributed by atoms with E-state index in [0.717, 1.165) is 36.7 Å². The minimum absolute atomic E-state index is 0. The Morgan fingerprint density at radius 3 is 1.71 bits per heavy atom. The van der Waals surface area contributed by atoms with Crippen LogP contribution in [-0.4, -0.2) is 3.76 Å². The molecule has 21 heavy (non-hydrogen) atoms. The van der Waals surface area contributed by atoms with E-state index in [-0.39, 0.29) is 24.8 Å². The summed E-state index contributed by atoms with van der Waals surface area (Å²) in [6, 6.07) is 8.45. The van der Waals surface area contributed by atoms with E-state index in [1.165, 1.54) is 11.1 Å². The van der Waals surface area contributed by atoms with E-state index in [2.05, 4.69) is 59.3 Å². The first-order valence-corrected chi connectivity index (χ1v) is 8.41. The maximum Gasteiger partial charge on any atom is -0.109 e. The van der Waals surface area contributed by atoms with Crippen LogP contribution in [-0.2, 0) is 23.9 Å². The van der Waals surface area contributed by atoms with Crippen molar-refractivity contribution in [2.24, 2.45) is 0 Å². The number of halogens is 2. The predicted octanol–water partition coefficient (Wildman–Crippen LogP) is 5.15. The molecule has 2 aliphatic rings. The van der Waals surface area contributed by atoms with Gasteiger partial charge >= 0.3 is 70.0 Å². The van der Waals surface area contributed by atoms with Gasteiger partial charge in [-0.15, -0.1) is 37.7 Å². The molecule has 0 spiro atoms. The largest absolute Gasteiger partial charge is 0.273 e. The van der Waals surface area contributed by atoms with Gasteiger partial charge in [-0.2, -0.15) is 12.2 Å². The maximum atomic E-state index is 2.99. The molecule has 0 amide bonds. The van der Waals surface area contributed by atoms with E-state index >= 15 is 0 Å². The van der Waals surface area contributed by atoms with Crippen molar-refractivity contribution in [3.05, 3.63) is 84.0 Å². The molecule has 0 saturated carbocycles. The van der Waals surface area contributed by atoms with E-state index in [9.17, 15) is 0 Å². The van der Waals surface area contributed by atoms with Crippen LogP contribution in [0.1, 0.15) is 24.0 Å². The number of aryl methyl sites for hydroxylation is 1. The summed E-state index contributed by atoms with van der Waals surface area (Å²) in [5.74, 6) is 0. The van der Waals surface area contributed by atoms with Crippen molar-refractivity contribution in [2.75, 3.05) is 0 Å². The molecule has 0 radical (unpaired) electrons. The molecule has 110 valence electrons. The Morgan fingerprint density at radius 2 is 1.48 bits per heavy atom. The molecule has 0 nitrogen and oxygen atoms in total. The van der Waals surface area contributed by atoms with Crippen molar-refractivity contribution < 1.29 is 23.9 Å². The summed E-state index contributed by atoms with van der Waals surface area (Å²) >= 11 is 1.15. The monoisotopic (exact) mass is 486 g/mol.